The second-order valence-corrected chi connectivity index (χ2v) is 7.17. The third kappa shape index (κ3) is 7.50. The summed E-state index contributed by atoms with van der Waals surface area (Å²) in [6.07, 6.45) is 3.50. The maximum Gasteiger partial charge on any atom is 0.243 e. The van der Waals surface area contributed by atoms with E-state index in [1.54, 1.807) is 0 Å². The lowest BCUT2D eigenvalue weighted by atomic mass is 10.0. The fourth-order valence-electron chi connectivity index (χ4n) is 2.18. The molecule has 1 rings (SSSR count). The van der Waals surface area contributed by atoms with Crippen LogP contribution in [-0.4, -0.2) is 37.6 Å². The molecule has 0 saturated heterocycles. The molecule has 1 aromatic rings. The summed E-state index contributed by atoms with van der Waals surface area (Å²) < 4.78 is 22.4. The van der Waals surface area contributed by atoms with E-state index in [2.05, 4.69) is 10.9 Å². The van der Waals surface area contributed by atoms with Crippen molar-refractivity contribution in [2.45, 2.75) is 37.5 Å². The van der Waals surface area contributed by atoms with Gasteiger partial charge in [0.15, 0.2) is 0 Å². The summed E-state index contributed by atoms with van der Waals surface area (Å²) in [5.41, 5.74) is 5.61. The molecule has 1 aromatic carbocycles. The highest BCUT2D eigenvalue weighted by molar-refractivity contribution is 7.89. The van der Waals surface area contributed by atoms with Gasteiger partial charge in [-0.15, -0.1) is 0 Å². The molecule has 0 aliphatic rings. The average molecular weight is 372 g/mol. The van der Waals surface area contributed by atoms with Crippen LogP contribution in [0.5, 0.6) is 0 Å². The minimum Gasteiger partial charge on any atom is -0.299 e. The zero-order valence-electron chi connectivity index (χ0n) is 14.0. The molecular weight excluding hydrogens is 348 g/mol. The highest BCUT2D eigenvalue weighted by Gasteiger charge is 2.20. The van der Waals surface area contributed by atoms with Crippen molar-refractivity contribution in [1.82, 2.24) is 10.5 Å². The van der Waals surface area contributed by atoms with Crippen LogP contribution in [-0.2, 0) is 19.6 Å². The van der Waals surface area contributed by atoms with Gasteiger partial charge in [0, 0.05) is 0 Å². The number of rotatable bonds is 11. The number of nitrogens with zero attached hydrogens (tertiary/aromatic N) is 1. The summed E-state index contributed by atoms with van der Waals surface area (Å²) in [7, 11) is -3.78. The lowest BCUT2D eigenvalue weighted by Crippen LogP contribution is -2.40. The summed E-state index contributed by atoms with van der Waals surface area (Å²) in [6, 6.07) is 5.53. The van der Waals surface area contributed by atoms with Gasteiger partial charge in [0.05, 0.1) is 23.0 Å². The molecule has 0 aliphatic heterocycles. The molecule has 140 valence electrons. The standard InChI is InChI=1S/C15H24N4O5S/c1-2-3-4-5-12(10-19(22)11-20)15(21)18-17-13-6-8-14(9-7-13)25(16,23)24/h6-9,11-12,17,22H,2-5,10H2,1H3,(H,18,21)(H2,16,23,24)/t12-/m0/s1. The Morgan fingerprint density at radius 2 is 1.96 bits per heavy atom. The maximum atomic E-state index is 12.2. The van der Waals surface area contributed by atoms with E-state index in [1.165, 1.54) is 24.3 Å². The molecule has 9 nitrogen and oxygen atoms in total. The predicted octanol–water partition coefficient (Wildman–Crippen LogP) is 0.821. The maximum absolute atomic E-state index is 12.2. The number of nitrogens with one attached hydrogen (secondary N) is 2. The molecule has 2 amide bonds. The first kappa shape index (κ1) is 20.9. The van der Waals surface area contributed by atoms with Crippen LogP contribution in [0, 0.1) is 5.92 Å². The first-order valence-corrected chi connectivity index (χ1v) is 9.42. The molecule has 1 atom stereocenters. The van der Waals surface area contributed by atoms with Crippen LogP contribution in [0.2, 0.25) is 0 Å². The van der Waals surface area contributed by atoms with Gasteiger partial charge >= 0.3 is 0 Å². The normalized spacial score (nSPS) is 12.3. The Morgan fingerprint density at radius 3 is 2.48 bits per heavy atom. The van der Waals surface area contributed by atoms with Crippen LogP contribution >= 0.6 is 0 Å². The van der Waals surface area contributed by atoms with Gasteiger partial charge in [0.25, 0.3) is 0 Å². The molecule has 0 unspecified atom stereocenters. The number of carbonyl (C=O) groups is 2. The van der Waals surface area contributed by atoms with Gasteiger partial charge in [-0.3, -0.25) is 25.6 Å². The molecule has 10 heteroatoms. The fraction of sp³-hybridized carbons (Fsp3) is 0.467. The van der Waals surface area contributed by atoms with Gasteiger partial charge < -0.3 is 0 Å². The predicted molar refractivity (Wildman–Crippen MR) is 91.8 cm³/mol. The Hall–Kier alpha value is -2.17. The number of carbonyl (C=O) groups excluding carboxylic acids is 2. The lowest BCUT2D eigenvalue weighted by molar-refractivity contribution is -0.154. The molecule has 0 radical (unpaired) electrons. The number of benzene rings is 1. The number of sulfonamides is 1. The van der Waals surface area contributed by atoms with Gasteiger partial charge in [-0.2, -0.15) is 0 Å². The van der Waals surface area contributed by atoms with E-state index in [0.29, 0.717) is 17.2 Å². The third-order valence-corrected chi connectivity index (χ3v) is 4.50. The number of hydrazine groups is 1. The Bertz CT molecular complexity index is 663. The zero-order chi connectivity index (χ0) is 18.9. The number of nitrogens with two attached hydrogens (primary N) is 1. The summed E-state index contributed by atoms with van der Waals surface area (Å²) in [5.74, 6) is -0.953. The smallest absolute Gasteiger partial charge is 0.243 e. The molecule has 0 bridgehead atoms. The van der Waals surface area contributed by atoms with Crippen LogP contribution < -0.4 is 16.0 Å². The van der Waals surface area contributed by atoms with Crippen LogP contribution in [0.1, 0.15) is 32.6 Å². The Morgan fingerprint density at radius 1 is 1.32 bits per heavy atom. The number of hydrogen-bond acceptors (Lipinski definition) is 6. The largest absolute Gasteiger partial charge is 0.299 e. The van der Waals surface area contributed by atoms with Crippen LogP contribution in [0.25, 0.3) is 0 Å². The molecule has 0 fully saturated rings. The fourth-order valence-corrected chi connectivity index (χ4v) is 2.69. The van der Waals surface area contributed by atoms with Gasteiger partial charge in [0.1, 0.15) is 0 Å². The van der Waals surface area contributed by atoms with E-state index in [1.807, 2.05) is 6.92 Å². The van der Waals surface area contributed by atoms with Crippen LogP contribution in [0.3, 0.4) is 0 Å². The van der Waals surface area contributed by atoms with Gasteiger partial charge in [0.2, 0.25) is 22.3 Å². The van der Waals surface area contributed by atoms with Gasteiger partial charge in [-0.05, 0) is 30.7 Å². The van der Waals surface area contributed by atoms with Crippen molar-refractivity contribution < 1.29 is 23.2 Å². The average Bonchev–Trinajstić information content (AvgIpc) is 2.58. The molecule has 0 spiro atoms. The molecule has 5 N–H and O–H groups in total. The van der Waals surface area contributed by atoms with E-state index in [9.17, 15) is 23.2 Å². The summed E-state index contributed by atoms with van der Waals surface area (Å²) in [5, 5.41) is 14.8. The highest BCUT2D eigenvalue weighted by atomic mass is 32.2. The summed E-state index contributed by atoms with van der Waals surface area (Å²) in [6.45, 7) is 1.93. The van der Waals surface area contributed by atoms with E-state index in [-0.39, 0.29) is 23.8 Å². The SMILES string of the molecule is CCCCC[C@@H](CN(O)C=O)C(=O)NNc1ccc(S(N)(=O)=O)cc1. The van der Waals surface area contributed by atoms with Crippen LogP contribution in [0.4, 0.5) is 5.69 Å². The minimum absolute atomic E-state index is 0.0382. The molecular formula is C15H24N4O5S. The lowest BCUT2D eigenvalue weighted by Gasteiger charge is -2.20. The second-order valence-electron chi connectivity index (χ2n) is 5.60. The van der Waals surface area contributed by atoms with Gasteiger partial charge in [-0.25, -0.2) is 18.6 Å². The molecule has 0 aromatic heterocycles. The molecule has 0 heterocycles. The third-order valence-electron chi connectivity index (χ3n) is 3.57. The van der Waals surface area contributed by atoms with E-state index in [0.717, 1.165) is 19.3 Å². The number of anilines is 1. The number of amides is 2. The highest BCUT2D eigenvalue weighted by Crippen LogP contribution is 2.14. The summed E-state index contributed by atoms with van der Waals surface area (Å²) in [4.78, 5) is 22.8. The molecule has 0 aliphatic carbocycles. The van der Waals surface area contributed by atoms with E-state index >= 15 is 0 Å². The number of primary sulfonamides is 1. The number of unbranched alkanes of at least 4 members (excludes halogenated alkanes) is 2. The zero-order valence-corrected chi connectivity index (χ0v) is 14.8. The summed E-state index contributed by atoms with van der Waals surface area (Å²) >= 11 is 0. The van der Waals surface area contributed by atoms with Crippen molar-refractivity contribution in [3.8, 4) is 0 Å². The molecule has 25 heavy (non-hydrogen) atoms. The number of hydrogen-bond donors (Lipinski definition) is 4. The Labute approximate surface area is 147 Å². The van der Waals surface area contributed by atoms with Crippen molar-refractivity contribution in [3.05, 3.63) is 24.3 Å². The van der Waals surface area contributed by atoms with Crippen molar-refractivity contribution >= 4 is 28.0 Å². The van der Waals surface area contributed by atoms with Crippen molar-refractivity contribution in [2.75, 3.05) is 12.0 Å². The van der Waals surface area contributed by atoms with Gasteiger partial charge in [-0.1, -0.05) is 26.2 Å². The molecule has 0 saturated carbocycles. The van der Waals surface area contributed by atoms with E-state index < -0.39 is 15.9 Å². The van der Waals surface area contributed by atoms with Crippen molar-refractivity contribution in [1.29, 1.82) is 0 Å². The van der Waals surface area contributed by atoms with Crippen LogP contribution in [0.15, 0.2) is 29.2 Å². The minimum atomic E-state index is -3.78. The first-order chi connectivity index (χ1) is 11.8. The van der Waals surface area contributed by atoms with Crippen molar-refractivity contribution in [2.24, 2.45) is 11.1 Å². The first-order valence-electron chi connectivity index (χ1n) is 7.87. The quantitative estimate of drug-likeness (QED) is 0.196. The monoisotopic (exact) mass is 372 g/mol. The number of hydroxylamine groups is 2. The second kappa shape index (κ2) is 9.97. The van der Waals surface area contributed by atoms with E-state index in [4.69, 9.17) is 5.14 Å². The Kier molecular flexibility index (Phi) is 8.32. The topological polar surface area (TPSA) is 142 Å². The Balaban J connectivity index is 2.64. The van der Waals surface area contributed by atoms with Crippen molar-refractivity contribution in [3.63, 3.8) is 0 Å².